The highest BCUT2D eigenvalue weighted by atomic mass is 35.5. The highest BCUT2D eigenvalue weighted by Gasteiger charge is 2.05. The first kappa shape index (κ1) is 9.92. The van der Waals surface area contributed by atoms with Crippen molar-refractivity contribution in [3.05, 3.63) is 36.2 Å². The van der Waals surface area contributed by atoms with Gasteiger partial charge in [-0.3, -0.25) is 9.82 Å². The van der Waals surface area contributed by atoms with Crippen LogP contribution in [0.4, 0.5) is 10.1 Å². The van der Waals surface area contributed by atoms with Gasteiger partial charge in [0.2, 0.25) is 0 Å². The molecule has 0 amide bonds. The molecule has 78 valence electrons. The largest absolute Gasteiger partial charge is 0.295 e. The number of halogens is 2. The molecule has 2 aromatic rings. The predicted molar refractivity (Wildman–Crippen MR) is 55.5 cm³/mol. The number of hydrogen-bond donors (Lipinski definition) is 1. The Bertz CT molecular complexity index is 483. The zero-order valence-electron chi connectivity index (χ0n) is 7.91. The van der Waals surface area contributed by atoms with E-state index in [1.807, 2.05) is 0 Å². The van der Waals surface area contributed by atoms with Gasteiger partial charge < -0.3 is 0 Å². The van der Waals surface area contributed by atoms with Gasteiger partial charge in [0.15, 0.2) is 0 Å². The molecule has 0 saturated carbocycles. The third kappa shape index (κ3) is 1.92. The van der Waals surface area contributed by atoms with E-state index < -0.39 is 5.82 Å². The van der Waals surface area contributed by atoms with Gasteiger partial charge >= 0.3 is 0 Å². The van der Waals surface area contributed by atoms with Crippen LogP contribution in [-0.2, 0) is 0 Å². The molecule has 0 unspecified atom stereocenters. The van der Waals surface area contributed by atoms with Crippen LogP contribution in [0.2, 0.25) is 0 Å². The van der Waals surface area contributed by atoms with Crippen LogP contribution in [0.15, 0.2) is 24.7 Å². The second-order valence-corrected chi connectivity index (χ2v) is 3.22. The Morgan fingerprint density at radius 2 is 2.27 bits per heavy atom. The zero-order chi connectivity index (χ0) is 10.8. The number of hydrogen-bond acceptors (Lipinski definition) is 3. The van der Waals surface area contributed by atoms with Crippen LogP contribution < -0.4 is 4.84 Å². The number of aryl methyl sites for hydroxylation is 1. The Morgan fingerprint density at radius 1 is 1.47 bits per heavy atom. The zero-order valence-corrected chi connectivity index (χ0v) is 8.66. The summed E-state index contributed by atoms with van der Waals surface area (Å²) < 4.78 is 14.4. The van der Waals surface area contributed by atoms with Crippen LogP contribution >= 0.6 is 11.8 Å². The summed E-state index contributed by atoms with van der Waals surface area (Å²) in [6, 6.07) is 1.34. The average Bonchev–Trinajstić information content (AvgIpc) is 2.60. The van der Waals surface area contributed by atoms with Gasteiger partial charge in [-0.05, 0) is 6.92 Å². The van der Waals surface area contributed by atoms with Gasteiger partial charge in [0, 0.05) is 17.8 Å². The molecule has 2 rings (SSSR count). The van der Waals surface area contributed by atoms with E-state index in [0.717, 1.165) is 11.9 Å². The summed E-state index contributed by atoms with van der Waals surface area (Å²) in [5.74, 6) is -0.402. The smallest absolute Gasteiger partial charge is 0.143 e. The molecular weight excluding hydrogens is 219 g/mol. The van der Waals surface area contributed by atoms with Crippen molar-refractivity contribution < 1.29 is 4.39 Å². The summed E-state index contributed by atoms with van der Waals surface area (Å²) in [6.45, 7) is 1.80. The lowest BCUT2D eigenvalue weighted by atomic mass is 10.4. The quantitative estimate of drug-likeness (QED) is 0.799. The molecule has 0 aliphatic carbocycles. The maximum atomic E-state index is 12.9. The molecule has 2 aromatic heterocycles. The van der Waals surface area contributed by atoms with E-state index in [0.29, 0.717) is 11.4 Å². The third-order valence-electron chi connectivity index (χ3n) is 1.96. The lowest BCUT2D eigenvalue weighted by Crippen LogP contribution is -1.96. The first-order chi connectivity index (χ1) is 7.20. The van der Waals surface area contributed by atoms with Gasteiger partial charge in [0.25, 0.3) is 0 Å². The van der Waals surface area contributed by atoms with E-state index in [2.05, 4.69) is 14.9 Å². The fourth-order valence-corrected chi connectivity index (χ4v) is 1.40. The maximum absolute atomic E-state index is 12.9. The first-order valence-electron chi connectivity index (χ1n) is 4.24. The van der Waals surface area contributed by atoms with Crippen molar-refractivity contribution >= 4 is 17.5 Å². The molecule has 0 aromatic carbocycles. The average molecular weight is 227 g/mol. The normalized spacial score (nSPS) is 10.3. The monoisotopic (exact) mass is 226 g/mol. The molecule has 0 saturated heterocycles. The molecule has 1 N–H and O–H groups in total. The molecular formula is C9H8ClFN4. The van der Waals surface area contributed by atoms with Crippen LogP contribution in [0.25, 0.3) is 5.69 Å². The van der Waals surface area contributed by atoms with Gasteiger partial charge in [-0.1, -0.05) is 0 Å². The van der Waals surface area contributed by atoms with Gasteiger partial charge in [-0.25, -0.2) is 9.07 Å². The number of pyridine rings is 1. The van der Waals surface area contributed by atoms with E-state index in [1.54, 1.807) is 13.1 Å². The summed E-state index contributed by atoms with van der Waals surface area (Å²) >= 11 is 5.47. The fraction of sp³-hybridized carbons (Fsp3) is 0.111. The van der Waals surface area contributed by atoms with Crippen LogP contribution in [0.1, 0.15) is 5.69 Å². The number of nitrogens with one attached hydrogen (secondary N) is 1. The first-order valence-corrected chi connectivity index (χ1v) is 4.62. The van der Waals surface area contributed by atoms with Crippen molar-refractivity contribution in [2.75, 3.05) is 4.84 Å². The van der Waals surface area contributed by atoms with Crippen LogP contribution in [0.5, 0.6) is 0 Å². The standard InChI is InChI=1S/C9H8ClFN4/c1-6-9(13-10)5-15(14-6)8-2-7(11)3-12-4-8/h2-5,13H,1H3. The molecule has 0 spiro atoms. The number of nitrogens with zero attached hydrogens (tertiary/aromatic N) is 3. The lowest BCUT2D eigenvalue weighted by Gasteiger charge is -1.99. The Labute approximate surface area is 90.8 Å². The highest BCUT2D eigenvalue weighted by molar-refractivity contribution is 6.24. The molecule has 2 heterocycles. The van der Waals surface area contributed by atoms with Gasteiger partial charge in [-0.15, -0.1) is 0 Å². The van der Waals surface area contributed by atoms with E-state index >= 15 is 0 Å². The van der Waals surface area contributed by atoms with E-state index in [4.69, 9.17) is 11.8 Å². The minimum atomic E-state index is -0.402. The van der Waals surface area contributed by atoms with Crippen LogP contribution in [0.3, 0.4) is 0 Å². The Balaban J connectivity index is 2.45. The fourth-order valence-electron chi connectivity index (χ4n) is 1.21. The van der Waals surface area contributed by atoms with Gasteiger partial charge in [0.1, 0.15) is 5.82 Å². The Hall–Kier alpha value is -1.62. The number of rotatable bonds is 2. The minimum Gasteiger partial charge on any atom is -0.295 e. The summed E-state index contributed by atoms with van der Waals surface area (Å²) in [7, 11) is 0. The van der Waals surface area contributed by atoms with Crippen molar-refractivity contribution in [2.24, 2.45) is 0 Å². The molecule has 0 atom stereocenters. The molecule has 0 bridgehead atoms. The van der Waals surface area contributed by atoms with Crippen molar-refractivity contribution in [3.8, 4) is 5.69 Å². The number of aromatic nitrogens is 3. The molecule has 0 radical (unpaired) electrons. The van der Waals surface area contributed by atoms with Crippen LogP contribution in [0, 0.1) is 12.7 Å². The summed E-state index contributed by atoms with van der Waals surface area (Å²) in [5, 5.41) is 4.16. The van der Waals surface area contributed by atoms with Crippen molar-refractivity contribution in [1.29, 1.82) is 0 Å². The summed E-state index contributed by atoms with van der Waals surface area (Å²) in [4.78, 5) is 6.21. The topological polar surface area (TPSA) is 42.7 Å². The SMILES string of the molecule is Cc1nn(-c2cncc(F)c2)cc1NCl. The third-order valence-corrected chi connectivity index (χ3v) is 2.16. The second kappa shape index (κ2) is 3.86. The molecule has 0 fully saturated rings. The summed E-state index contributed by atoms with van der Waals surface area (Å²) in [5.41, 5.74) is 1.96. The molecule has 6 heteroatoms. The molecule has 4 nitrogen and oxygen atoms in total. The van der Waals surface area contributed by atoms with Gasteiger partial charge in [0.05, 0.1) is 35.7 Å². The Morgan fingerprint density at radius 3 is 2.87 bits per heavy atom. The predicted octanol–water partition coefficient (Wildman–Crippen LogP) is 2.28. The molecule has 0 aliphatic rings. The number of anilines is 1. The molecule has 0 aliphatic heterocycles. The Kier molecular flexibility index (Phi) is 2.55. The lowest BCUT2D eigenvalue weighted by molar-refractivity contribution is 0.618. The van der Waals surface area contributed by atoms with Crippen LogP contribution in [-0.4, -0.2) is 14.8 Å². The van der Waals surface area contributed by atoms with E-state index in [1.165, 1.54) is 16.9 Å². The van der Waals surface area contributed by atoms with Crippen molar-refractivity contribution in [1.82, 2.24) is 14.8 Å². The summed E-state index contributed by atoms with van der Waals surface area (Å²) in [6.07, 6.45) is 4.33. The van der Waals surface area contributed by atoms with Gasteiger partial charge in [-0.2, -0.15) is 5.10 Å². The molecule has 15 heavy (non-hydrogen) atoms. The highest BCUT2D eigenvalue weighted by Crippen LogP contribution is 2.16. The minimum absolute atomic E-state index is 0.402. The van der Waals surface area contributed by atoms with Crippen molar-refractivity contribution in [2.45, 2.75) is 6.92 Å². The van der Waals surface area contributed by atoms with E-state index in [-0.39, 0.29) is 0 Å². The maximum Gasteiger partial charge on any atom is 0.143 e. The van der Waals surface area contributed by atoms with E-state index in [9.17, 15) is 4.39 Å². The van der Waals surface area contributed by atoms with Crippen molar-refractivity contribution in [3.63, 3.8) is 0 Å². The second-order valence-electron chi connectivity index (χ2n) is 3.03.